The predicted molar refractivity (Wildman–Crippen MR) is 94.6 cm³/mol. The summed E-state index contributed by atoms with van der Waals surface area (Å²) in [7, 11) is 0. The van der Waals surface area contributed by atoms with Crippen LogP contribution in [-0.2, 0) is 17.9 Å². The van der Waals surface area contributed by atoms with Crippen molar-refractivity contribution in [3.8, 4) is 0 Å². The van der Waals surface area contributed by atoms with Crippen LogP contribution < -0.4 is 0 Å². The van der Waals surface area contributed by atoms with Crippen molar-refractivity contribution in [2.75, 3.05) is 32.7 Å². The van der Waals surface area contributed by atoms with Crippen LogP contribution in [0.2, 0.25) is 0 Å². The van der Waals surface area contributed by atoms with Crippen molar-refractivity contribution in [1.29, 1.82) is 0 Å². The Labute approximate surface area is 145 Å². The van der Waals surface area contributed by atoms with Gasteiger partial charge in [-0.05, 0) is 33.6 Å². The molecule has 0 aromatic carbocycles. The van der Waals surface area contributed by atoms with Crippen molar-refractivity contribution in [3.63, 3.8) is 0 Å². The van der Waals surface area contributed by atoms with Gasteiger partial charge < -0.3 is 9.47 Å². The van der Waals surface area contributed by atoms with E-state index in [0.717, 1.165) is 64.5 Å². The van der Waals surface area contributed by atoms with Crippen LogP contribution in [0.5, 0.6) is 0 Å². The van der Waals surface area contributed by atoms with Crippen LogP contribution >= 0.6 is 0 Å². The maximum absolute atomic E-state index is 12.7. The number of amides is 1. The maximum atomic E-state index is 12.7. The van der Waals surface area contributed by atoms with Gasteiger partial charge in [-0.25, -0.2) is 4.98 Å². The second-order valence-corrected chi connectivity index (χ2v) is 7.23. The first-order valence-electron chi connectivity index (χ1n) is 9.37. The van der Waals surface area contributed by atoms with Crippen molar-refractivity contribution >= 4 is 5.91 Å². The van der Waals surface area contributed by atoms with Crippen molar-refractivity contribution in [2.24, 2.45) is 0 Å². The van der Waals surface area contributed by atoms with E-state index >= 15 is 0 Å². The van der Waals surface area contributed by atoms with Gasteiger partial charge in [-0.1, -0.05) is 0 Å². The van der Waals surface area contributed by atoms with E-state index in [9.17, 15) is 4.79 Å². The molecule has 0 bridgehead atoms. The first-order valence-corrected chi connectivity index (χ1v) is 9.37. The Balaban J connectivity index is 1.54. The van der Waals surface area contributed by atoms with Gasteiger partial charge in [0, 0.05) is 57.7 Å². The molecule has 2 aliphatic heterocycles. The third-order valence-electron chi connectivity index (χ3n) is 5.42. The molecule has 0 unspecified atom stereocenters. The fourth-order valence-electron chi connectivity index (χ4n) is 3.94. The van der Waals surface area contributed by atoms with Gasteiger partial charge in [-0.2, -0.15) is 0 Å². The van der Waals surface area contributed by atoms with Gasteiger partial charge in [0.1, 0.15) is 5.82 Å². The monoisotopic (exact) mass is 333 g/mol. The quantitative estimate of drug-likeness (QED) is 0.817. The minimum absolute atomic E-state index is 0.0981. The van der Waals surface area contributed by atoms with Crippen molar-refractivity contribution in [3.05, 3.63) is 18.2 Å². The number of piperidine rings is 1. The number of aryl methyl sites for hydroxylation is 1. The zero-order chi connectivity index (χ0) is 17.1. The van der Waals surface area contributed by atoms with E-state index in [1.807, 2.05) is 12.4 Å². The number of likely N-dealkylation sites (tertiary alicyclic amines) is 1. The molecule has 134 valence electrons. The molecule has 1 atom stereocenters. The number of nitrogens with zero attached hydrogens (tertiary/aromatic N) is 5. The summed E-state index contributed by atoms with van der Waals surface area (Å²) in [5.41, 5.74) is 0. The first-order chi connectivity index (χ1) is 11.6. The average molecular weight is 333 g/mol. The lowest BCUT2D eigenvalue weighted by molar-refractivity contribution is -0.143. The Morgan fingerprint density at radius 1 is 1.21 bits per heavy atom. The van der Waals surface area contributed by atoms with E-state index < -0.39 is 0 Å². The van der Waals surface area contributed by atoms with Crippen LogP contribution in [0.15, 0.2) is 12.4 Å². The highest BCUT2D eigenvalue weighted by Gasteiger charge is 2.35. The van der Waals surface area contributed by atoms with Crippen LogP contribution in [0, 0.1) is 0 Å². The van der Waals surface area contributed by atoms with E-state index in [1.54, 1.807) is 0 Å². The minimum atomic E-state index is 0.0981. The summed E-state index contributed by atoms with van der Waals surface area (Å²) < 4.78 is 2.21. The highest BCUT2D eigenvalue weighted by atomic mass is 16.2. The molecule has 3 heterocycles. The molecule has 1 aromatic heterocycles. The lowest BCUT2D eigenvalue weighted by Gasteiger charge is -2.43. The molecule has 1 aromatic rings. The van der Waals surface area contributed by atoms with Crippen LogP contribution in [0.4, 0.5) is 0 Å². The molecule has 2 saturated heterocycles. The van der Waals surface area contributed by atoms with E-state index in [2.05, 4.69) is 45.0 Å². The second-order valence-electron chi connectivity index (χ2n) is 7.23. The van der Waals surface area contributed by atoms with E-state index in [-0.39, 0.29) is 6.04 Å². The molecular weight excluding hydrogens is 302 g/mol. The highest BCUT2D eigenvalue weighted by Crippen LogP contribution is 2.21. The van der Waals surface area contributed by atoms with Crippen LogP contribution in [0.1, 0.15) is 39.4 Å². The molecule has 6 nitrogen and oxygen atoms in total. The van der Waals surface area contributed by atoms with Gasteiger partial charge in [-0.15, -0.1) is 0 Å². The smallest absolute Gasteiger partial charge is 0.240 e. The van der Waals surface area contributed by atoms with E-state index in [0.29, 0.717) is 11.9 Å². The Morgan fingerprint density at radius 3 is 2.62 bits per heavy atom. The lowest BCUT2D eigenvalue weighted by Crippen LogP contribution is -2.58. The third-order valence-corrected chi connectivity index (χ3v) is 5.42. The summed E-state index contributed by atoms with van der Waals surface area (Å²) in [4.78, 5) is 24.1. The zero-order valence-corrected chi connectivity index (χ0v) is 15.3. The standard InChI is InChI=1S/C18H31N5O/c1-4-21-9-7-19-17(21)14-20-10-12-22(13-11-20)16-6-5-8-23(15(2)3)18(16)24/h7,9,15-16H,4-6,8,10-14H2,1-3H3/t16-/m0/s1. The summed E-state index contributed by atoms with van der Waals surface area (Å²) in [6, 6.07) is 0.412. The number of aromatic nitrogens is 2. The van der Waals surface area contributed by atoms with Gasteiger partial charge in [0.25, 0.3) is 0 Å². The summed E-state index contributed by atoms with van der Waals surface area (Å²) >= 11 is 0. The number of imidazole rings is 1. The molecule has 0 N–H and O–H groups in total. The summed E-state index contributed by atoms with van der Waals surface area (Å²) in [5.74, 6) is 1.48. The molecule has 0 spiro atoms. The van der Waals surface area contributed by atoms with Gasteiger partial charge >= 0.3 is 0 Å². The Kier molecular flexibility index (Phi) is 5.56. The number of hydrogen-bond acceptors (Lipinski definition) is 4. The molecule has 6 heteroatoms. The van der Waals surface area contributed by atoms with Crippen molar-refractivity contribution in [1.82, 2.24) is 24.3 Å². The molecule has 1 amide bonds. The molecule has 2 aliphatic rings. The van der Waals surface area contributed by atoms with Crippen molar-refractivity contribution in [2.45, 2.75) is 58.8 Å². The number of carbonyl (C=O) groups excluding carboxylic acids is 1. The highest BCUT2D eigenvalue weighted by molar-refractivity contribution is 5.82. The third kappa shape index (κ3) is 3.64. The topological polar surface area (TPSA) is 44.6 Å². The maximum Gasteiger partial charge on any atom is 0.240 e. The molecule has 3 rings (SSSR count). The predicted octanol–water partition coefficient (Wildman–Crippen LogP) is 1.42. The van der Waals surface area contributed by atoms with Gasteiger partial charge in [0.2, 0.25) is 5.91 Å². The molecular formula is C18H31N5O. The van der Waals surface area contributed by atoms with E-state index in [1.165, 1.54) is 0 Å². The van der Waals surface area contributed by atoms with Gasteiger partial charge in [0.05, 0.1) is 12.6 Å². The number of piperazine rings is 1. The summed E-state index contributed by atoms with van der Waals surface area (Å²) in [5, 5.41) is 0. The number of hydrogen-bond donors (Lipinski definition) is 0. The van der Waals surface area contributed by atoms with Crippen molar-refractivity contribution < 1.29 is 4.79 Å². The largest absolute Gasteiger partial charge is 0.339 e. The summed E-state index contributed by atoms with van der Waals surface area (Å²) in [6.45, 7) is 13.2. The average Bonchev–Trinajstić information content (AvgIpc) is 3.03. The van der Waals surface area contributed by atoms with Gasteiger partial charge in [-0.3, -0.25) is 14.6 Å². The van der Waals surface area contributed by atoms with E-state index in [4.69, 9.17) is 0 Å². The fourth-order valence-corrected chi connectivity index (χ4v) is 3.94. The van der Waals surface area contributed by atoms with Gasteiger partial charge in [0.15, 0.2) is 0 Å². The molecule has 2 fully saturated rings. The molecule has 0 saturated carbocycles. The Hall–Kier alpha value is -1.40. The molecule has 0 radical (unpaired) electrons. The van der Waals surface area contributed by atoms with Crippen LogP contribution in [0.25, 0.3) is 0 Å². The van der Waals surface area contributed by atoms with Crippen LogP contribution in [-0.4, -0.2) is 75.0 Å². The second kappa shape index (κ2) is 7.66. The molecule has 0 aliphatic carbocycles. The SMILES string of the molecule is CCn1ccnc1CN1CCN([C@H]2CCCN(C(C)C)C2=O)CC1. The first kappa shape index (κ1) is 17.4. The summed E-state index contributed by atoms with van der Waals surface area (Å²) in [6.07, 6.45) is 6.08. The molecule has 24 heavy (non-hydrogen) atoms. The number of carbonyl (C=O) groups is 1. The Bertz CT molecular complexity index is 547. The minimum Gasteiger partial charge on any atom is -0.339 e. The van der Waals surface area contributed by atoms with Crippen LogP contribution in [0.3, 0.4) is 0 Å². The normalized spacial score (nSPS) is 24.1. The number of rotatable bonds is 5. The fraction of sp³-hybridized carbons (Fsp3) is 0.778. The zero-order valence-electron chi connectivity index (χ0n) is 15.3. The Morgan fingerprint density at radius 2 is 1.96 bits per heavy atom. The lowest BCUT2D eigenvalue weighted by atomic mass is 10.0.